The molecule has 0 aromatic rings. The predicted octanol–water partition coefficient (Wildman–Crippen LogP) is 2.95. The Kier molecular flexibility index (Phi) is 2.05. The van der Waals surface area contributed by atoms with Crippen molar-refractivity contribution in [3.05, 3.63) is 22.3 Å². The number of fused-ring (bicyclic) bond motifs is 1. The van der Waals surface area contributed by atoms with Gasteiger partial charge in [-0.15, -0.1) is 0 Å². The van der Waals surface area contributed by atoms with Crippen LogP contribution in [0.3, 0.4) is 0 Å². The highest BCUT2D eigenvalue weighted by Crippen LogP contribution is 2.49. The molecule has 0 N–H and O–H groups in total. The monoisotopic (exact) mass is 206 g/mol. The van der Waals surface area contributed by atoms with Gasteiger partial charge in [0.1, 0.15) is 0 Å². The van der Waals surface area contributed by atoms with Crippen molar-refractivity contribution < 1.29 is 9.47 Å². The molecule has 0 amide bonds. The van der Waals surface area contributed by atoms with Gasteiger partial charge in [-0.25, -0.2) is 0 Å². The first-order valence-corrected chi connectivity index (χ1v) is 5.86. The third-order valence-corrected chi connectivity index (χ3v) is 3.98. The molecule has 0 radical (unpaired) electrons. The van der Waals surface area contributed by atoms with Crippen LogP contribution < -0.4 is 0 Å². The van der Waals surface area contributed by atoms with E-state index in [1.165, 1.54) is 24.0 Å². The number of hydrogen-bond donors (Lipinski definition) is 0. The van der Waals surface area contributed by atoms with Crippen molar-refractivity contribution >= 4 is 0 Å². The fraction of sp³-hybridized carbons (Fsp3) is 0.692. The van der Waals surface area contributed by atoms with Crippen molar-refractivity contribution in [1.29, 1.82) is 0 Å². The van der Waals surface area contributed by atoms with Gasteiger partial charge in [-0.05, 0) is 37.8 Å². The lowest BCUT2D eigenvalue weighted by Crippen LogP contribution is -2.25. The zero-order valence-corrected chi connectivity index (χ0v) is 9.56. The standard InChI is InChI=1S/C13H18O2/c1-9-3-4-10(2)12-8-13(7-11(9)12)14-5-6-15-13/h3-8H2,1-2H3. The molecule has 0 aromatic carbocycles. The Labute approximate surface area is 90.9 Å². The van der Waals surface area contributed by atoms with Gasteiger partial charge in [-0.2, -0.15) is 0 Å². The molecular formula is C13H18O2. The first-order chi connectivity index (χ1) is 7.20. The Hall–Kier alpha value is -0.600. The molecule has 2 heteroatoms. The number of rotatable bonds is 0. The van der Waals surface area contributed by atoms with Crippen LogP contribution in [-0.4, -0.2) is 19.0 Å². The molecule has 1 spiro atoms. The molecule has 3 rings (SSSR count). The molecule has 2 aliphatic carbocycles. The first kappa shape index (κ1) is 9.61. The summed E-state index contributed by atoms with van der Waals surface area (Å²) >= 11 is 0. The van der Waals surface area contributed by atoms with Crippen molar-refractivity contribution in [3.63, 3.8) is 0 Å². The van der Waals surface area contributed by atoms with E-state index in [0.717, 1.165) is 26.1 Å². The van der Waals surface area contributed by atoms with Crippen LogP contribution >= 0.6 is 0 Å². The molecule has 0 atom stereocenters. The van der Waals surface area contributed by atoms with E-state index in [1.54, 1.807) is 11.1 Å². The molecule has 0 aromatic heterocycles. The summed E-state index contributed by atoms with van der Waals surface area (Å²) in [4.78, 5) is 0. The number of allylic oxidation sites excluding steroid dienone is 2. The van der Waals surface area contributed by atoms with Crippen molar-refractivity contribution in [2.75, 3.05) is 13.2 Å². The summed E-state index contributed by atoms with van der Waals surface area (Å²) in [5.41, 5.74) is 6.15. The Morgan fingerprint density at radius 2 is 1.33 bits per heavy atom. The molecule has 82 valence electrons. The smallest absolute Gasteiger partial charge is 0.176 e. The Balaban J connectivity index is 2.00. The van der Waals surface area contributed by atoms with Gasteiger partial charge in [0, 0.05) is 12.8 Å². The van der Waals surface area contributed by atoms with E-state index in [0.29, 0.717) is 0 Å². The highest BCUT2D eigenvalue weighted by molar-refractivity contribution is 5.46. The third kappa shape index (κ3) is 1.39. The molecule has 15 heavy (non-hydrogen) atoms. The normalized spacial score (nSPS) is 29.2. The van der Waals surface area contributed by atoms with Crippen LogP contribution in [0, 0.1) is 0 Å². The van der Waals surface area contributed by atoms with E-state index in [4.69, 9.17) is 9.47 Å². The zero-order valence-electron chi connectivity index (χ0n) is 9.56. The molecule has 0 unspecified atom stereocenters. The lowest BCUT2D eigenvalue weighted by molar-refractivity contribution is -0.145. The van der Waals surface area contributed by atoms with Crippen LogP contribution in [0.15, 0.2) is 22.3 Å². The van der Waals surface area contributed by atoms with Crippen molar-refractivity contribution in [1.82, 2.24) is 0 Å². The minimum Gasteiger partial charge on any atom is -0.347 e. The van der Waals surface area contributed by atoms with Crippen LogP contribution in [0.25, 0.3) is 0 Å². The fourth-order valence-electron chi connectivity index (χ4n) is 3.01. The van der Waals surface area contributed by atoms with Gasteiger partial charge in [0.2, 0.25) is 0 Å². The van der Waals surface area contributed by atoms with Crippen LogP contribution in [-0.2, 0) is 9.47 Å². The summed E-state index contributed by atoms with van der Waals surface area (Å²) in [7, 11) is 0. The SMILES string of the molecule is CC1=C2CC3(CC2=C(C)CC1)OCCO3. The Morgan fingerprint density at radius 1 is 0.867 bits per heavy atom. The van der Waals surface area contributed by atoms with Crippen LogP contribution in [0.2, 0.25) is 0 Å². The Morgan fingerprint density at radius 3 is 1.80 bits per heavy atom. The predicted molar refractivity (Wildman–Crippen MR) is 58.5 cm³/mol. The van der Waals surface area contributed by atoms with Gasteiger partial charge in [0.25, 0.3) is 0 Å². The Bertz CT molecular complexity index is 327. The quantitative estimate of drug-likeness (QED) is 0.606. The zero-order chi connectivity index (χ0) is 10.5. The molecular weight excluding hydrogens is 188 g/mol. The third-order valence-electron chi connectivity index (χ3n) is 3.98. The average Bonchev–Trinajstić information content (AvgIpc) is 2.82. The fourth-order valence-corrected chi connectivity index (χ4v) is 3.01. The molecule has 1 saturated carbocycles. The number of ether oxygens (including phenoxy) is 2. The highest BCUT2D eigenvalue weighted by Gasteiger charge is 2.45. The average molecular weight is 206 g/mol. The number of hydrogen-bond acceptors (Lipinski definition) is 2. The second-order valence-electron chi connectivity index (χ2n) is 4.98. The van der Waals surface area contributed by atoms with E-state index in [-0.39, 0.29) is 5.79 Å². The summed E-state index contributed by atoms with van der Waals surface area (Å²) in [5.74, 6) is -0.280. The van der Waals surface area contributed by atoms with Gasteiger partial charge in [-0.1, -0.05) is 11.1 Å². The minimum atomic E-state index is -0.280. The van der Waals surface area contributed by atoms with E-state index in [9.17, 15) is 0 Å². The molecule has 2 fully saturated rings. The summed E-state index contributed by atoms with van der Waals surface area (Å²) in [6, 6.07) is 0. The van der Waals surface area contributed by atoms with Gasteiger partial charge < -0.3 is 9.47 Å². The lowest BCUT2D eigenvalue weighted by atomic mass is 9.89. The second kappa shape index (κ2) is 3.19. The van der Waals surface area contributed by atoms with Crippen LogP contribution in [0.5, 0.6) is 0 Å². The molecule has 1 heterocycles. The van der Waals surface area contributed by atoms with E-state index >= 15 is 0 Å². The first-order valence-electron chi connectivity index (χ1n) is 5.86. The maximum atomic E-state index is 5.80. The van der Waals surface area contributed by atoms with Crippen LogP contribution in [0.4, 0.5) is 0 Å². The van der Waals surface area contributed by atoms with Gasteiger partial charge in [0.15, 0.2) is 5.79 Å². The van der Waals surface area contributed by atoms with Crippen LogP contribution in [0.1, 0.15) is 39.5 Å². The maximum absolute atomic E-state index is 5.80. The summed E-state index contributed by atoms with van der Waals surface area (Å²) in [5, 5.41) is 0. The maximum Gasteiger partial charge on any atom is 0.176 e. The van der Waals surface area contributed by atoms with Crippen molar-refractivity contribution in [2.45, 2.75) is 45.3 Å². The van der Waals surface area contributed by atoms with E-state index < -0.39 is 0 Å². The van der Waals surface area contributed by atoms with Gasteiger partial charge in [0.05, 0.1) is 13.2 Å². The van der Waals surface area contributed by atoms with E-state index in [1.807, 2.05) is 0 Å². The van der Waals surface area contributed by atoms with Gasteiger partial charge >= 0.3 is 0 Å². The molecule has 3 aliphatic rings. The highest BCUT2D eigenvalue weighted by atomic mass is 16.7. The van der Waals surface area contributed by atoms with Crippen molar-refractivity contribution in [3.8, 4) is 0 Å². The van der Waals surface area contributed by atoms with Gasteiger partial charge in [-0.3, -0.25) is 0 Å². The van der Waals surface area contributed by atoms with E-state index in [2.05, 4.69) is 13.8 Å². The summed E-state index contributed by atoms with van der Waals surface area (Å²) < 4.78 is 11.6. The molecule has 2 nitrogen and oxygen atoms in total. The topological polar surface area (TPSA) is 18.5 Å². The minimum absolute atomic E-state index is 0.280. The summed E-state index contributed by atoms with van der Waals surface area (Å²) in [6.07, 6.45) is 4.40. The molecule has 0 bridgehead atoms. The summed E-state index contributed by atoms with van der Waals surface area (Å²) in [6.45, 7) is 6.04. The second-order valence-corrected chi connectivity index (χ2v) is 4.98. The molecule has 1 aliphatic heterocycles. The lowest BCUT2D eigenvalue weighted by Gasteiger charge is -2.19. The van der Waals surface area contributed by atoms with Crippen molar-refractivity contribution in [2.24, 2.45) is 0 Å². The molecule has 1 saturated heterocycles. The largest absolute Gasteiger partial charge is 0.347 e.